The predicted octanol–water partition coefficient (Wildman–Crippen LogP) is 3.16. The second-order valence-electron chi connectivity index (χ2n) is 6.05. The predicted molar refractivity (Wildman–Crippen MR) is 96.8 cm³/mol. The minimum Gasteiger partial charge on any atom is -0.480 e. The SMILES string of the molecule is O=C(O)[C@H](Cc1cccc(Cl)c1)N1CCN(c2ccccc2)CC1. The molecule has 2 aromatic carbocycles. The van der Waals surface area contributed by atoms with E-state index in [0.717, 1.165) is 31.7 Å². The Labute approximate surface area is 147 Å². The maximum atomic E-state index is 11.8. The molecule has 0 spiro atoms. The molecule has 1 atom stereocenters. The van der Waals surface area contributed by atoms with Gasteiger partial charge in [-0.15, -0.1) is 0 Å². The molecule has 0 amide bonds. The molecule has 1 fully saturated rings. The molecule has 1 aliphatic rings. The molecule has 0 aromatic heterocycles. The molecule has 3 rings (SSSR count). The van der Waals surface area contributed by atoms with Gasteiger partial charge in [-0.1, -0.05) is 41.9 Å². The van der Waals surface area contributed by atoms with Crippen LogP contribution in [0.15, 0.2) is 54.6 Å². The number of nitrogens with zero attached hydrogens (tertiary/aromatic N) is 2. The zero-order valence-corrected chi connectivity index (χ0v) is 14.2. The Bertz CT molecular complexity index is 685. The molecular weight excluding hydrogens is 324 g/mol. The lowest BCUT2D eigenvalue weighted by atomic mass is 10.0. The van der Waals surface area contributed by atoms with Crippen LogP contribution in [0.25, 0.3) is 0 Å². The number of benzene rings is 2. The quantitative estimate of drug-likeness (QED) is 0.905. The fourth-order valence-corrected chi connectivity index (χ4v) is 3.40. The Morgan fingerprint density at radius 3 is 2.38 bits per heavy atom. The van der Waals surface area contributed by atoms with Gasteiger partial charge in [-0.2, -0.15) is 0 Å². The molecule has 0 radical (unpaired) electrons. The number of halogens is 1. The monoisotopic (exact) mass is 344 g/mol. The Kier molecular flexibility index (Phi) is 5.38. The van der Waals surface area contributed by atoms with E-state index in [0.29, 0.717) is 11.4 Å². The van der Waals surface area contributed by atoms with Crippen molar-refractivity contribution in [3.8, 4) is 0 Å². The fourth-order valence-electron chi connectivity index (χ4n) is 3.19. The van der Waals surface area contributed by atoms with Crippen LogP contribution >= 0.6 is 11.6 Å². The number of anilines is 1. The topological polar surface area (TPSA) is 43.8 Å². The van der Waals surface area contributed by atoms with Gasteiger partial charge in [0.15, 0.2) is 0 Å². The van der Waals surface area contributed by atoms with Crippen molar-refractivity contribution in [1.82, 2.24) is 4.90 Å². The van der Waals surface area contributed by atoms with E-state index >= 15 is 0 Å². The summed E-state index contributed by atoms with van der Waals surface area (Å²) >= 11 is 6.01. The number of hydrogen-bond donors (Lipinski definition) is 1. The zero-order valence-electron chi connectivity index (χ0n) is 13.4. The highest BCUT2D eigenvalue weighted by molar-refractivity contribution is 6.30. The molecule has 1 N–H and O–H groups in total. The van der Waals surface area contributed by atoms with Gasteiger partial charge in [-0.3, -0.25) is 9.69 Å². The van der Waals surface area contributed by atoms with Gasteiger partial charge in [0.25, 0.3) is 0 Å². The molecule has 5 heteroatoms. The van der Waals surface area contributed by atoms with Gasteiger partial charge in [-0.25, -0.2) is 0 Å². The van der Waals surface area contributed by atoms with Crippen molar-refractivity contribution in [1.29, 1.82) is 0 Å². The Hall–Kier alpha value is -2.04. The molecule has 0 aliphatic carbocycles. The van der Waals surface area contributed by atoms with Gasteiger partial charge < -0.3 is 10.0 Å². The van der Waals surface area contributed by atoms with Crippen molar-refractivity contribution < 1.29 is 9.90 Å². The van der Waals surface area contributed by atoms with Crippen molar-refractivity contribution in [2.24, 2.45) is 0 Å². The first-order chi connectivity index (χ1) is 11.6. The Balaban J connectivity index is 1.65. The second kappa shape index (κ2) is 7.69. The summed E-state index contributed by atoms with van der Waals surface area (Å²) in [6.45, 7) is 3.16. The van der Waals surface area contributed by atoms with Crippen molar-refractivity contribution in [2.45, 2.75) is 12.5 Å². The highest BCUT2D eigenvalue weighted by Crippen LogP contribution is 2.19. The fraction of sp³-hybridized carbons (Fsp3) is 0.316. The minimum atomic E-state index is -0.775. The van der Waals surface area contributed by atoms with Gasteiger partial charge in [0.05, 0.1) is 0 Å². The van der Waals surface area contributed by atoms with Gasteiger partial charge in [-0.05, 0) is 36.2 Å². The van der Waals surface area contributed by atoms with E-state index < -0.39 is 12.0 Å². The van der Waals surface area contributed by atoms with Crippen molar-refractivity contribution in [3.05, 3.63) is 65.2 Å². The molecule has 4 nitrogen and oxygen atoms in total. The normalized spacial score (nSPS) is 16.8. The number of hydrogen-bond acceptors (Lipinski definition) is 3. The first-order valence-electron chi connectivity index (χ1n) is 8.15. The van der Waals surface area contributed by atoms with Crippen LogP contribution in [-0.4, -0.2) is 48.2 Å². The maximum absolute atomic E-state index is 11.8. The van der Waals surface area contributed by atoms with Crippen LogP contribution in [0.5, 0.6) is 0 Å². The molecule has 24 heavy (non-hydrogen) atoms. The minimum absolute atomic E-state index is 0.473. The van der Waals surface area contributed by atoms with Gasteiger partial charge in [0, 0.05) is 36.9 Å². The molecule has 126 valence electrons. The summed E-state index contributed by atoms with van der Waals surface area (Å²) in [5.41, 5.74) is 2.15. The van der Waals surface area contributed by atoms with E-state index in [-0.39, 0.29) is 0 Å². The highest BCUT2D eigenvalue weighted by atomic mass is 35.5. The first kappa shape index (κ1) is 16.8. The van der Waals surface area contributed by atoms with E-state index in [1.54, 1.807) is 6.07 Å². The third kappa shape index (κ3) is 4.08. The van der Waals surface area contributed by atoms with Crippen LogP contribution in [-0.2, 0) is 11.2 Å². The second-order valence-corrected chi connectivity index (χ2v) is 6.48. The average molecular weight is 345 g/mol. The number of piperazine rings is 1. The Morgan fingerprint density at radius 2 is 1.75 bits per heavy atom. The Morgan fingerprint density at radius 1 is 1.04 bits per heavy atom. The summed E-state index contributed by atoms with van der Waals surface area (Å²) < 4.78 is 0. The molecule has 1 saturated heterocycles. The molecular formula is C19H21ClN2O2. The summed E-state index contributed by atoms with van der Waals surface area (Å²) in [5.74, 6) is -0.775. The third-order valence-electron chi connectivity index (χ3n) is 4.48. The summed E-state index contributed by atoms with van der Waals surface area (Å²) in [5, 5.41) is 10.3. The van der Waals surface area contributed by atoms with E-state index in [1.165, 1.54) is 5.69 Å². The zero-order chi connectivity index (χ0) is 16.9. The first-order valence-corrected chi connectivity index (χ1v) is 8.52. The highest BCUT2D eigenvalue weighted by Gasteiger charge is 2.29. The molecule has 0 bridgehead atoms. The van der Waals surface area contributed by atoms with Crippen LogP contribution in [0.1, 0.15) is 5.56 Å². The van der Waals surface area contributed by atoms with Gasteiger partial charge >= 0.3 is 5.97 Å². The van der Waals surface area contributed by atoms with Crippen molar-refractivity contribution in [2.75, 3.05) is 31.1 Å². The smallest absolute Gasteiger partial charge is 0.321 e. The van der Waals surface area contributed by atoms with E-state index in [1.807, 2.05) is 36.4 Å². The van der Waals surface area contributed by atoms with E-state index in [4.69, 9.17) is 11.6 Å². The maximum Gasteiger partial charge on any atom is 0.321 e. The van der Waals surface area contributed by atoms with Crippen molar-refractivity contribution in [3.63, 3.8) is 0 Å². The lowest BCUT2D eigenvalue weighted by Gasteiger charge is -2.38. The molecule has 0 saturated carbocycles. The summed E-state index contributed by atoms with van der Waals surface area (Å²) in [7, 11) is 0. The van der Waals surface area contributed by atoms with Gasteiger partial charge in [0.1, 0.15) is 6.04 Å². The van der Waals surface area contributed by atoms with Crippen LogP contribution in [0, 0.1) is 0 Å². The number of carboxylic acids is 1. The van der Waals surface area contributed by atoms with Crippen LogP contribution in [0.4, 0.5) is 5.69 Å². The number of rotatable bonds is 5. The van der Waals surface area contributed by atoms with Crippen LogP contribution in [0.3, 0.4) is 0 Å². The van der Waals surface area contributed by atoms with E-state index in [9.17, 15) is 9.90 Å². The molecule has 1 aliphatic heterocycles. The molecule has 2 aromatic rings. The van der Waals surface area contributed by atoms with Crippen LogP contribution < -0.4 is 4.90 Å². The number of carboxylic acid groups (broad SMARTS) is 1. The van der Waals surface area contributed by atoms with E-state index in [2.05, 4.69) is 21.9 Å². The summed E-state index contributed by atoms with van der Waals surface area (Å²) in [6.07, 6.45) is 0.473. The third-order valence-corrected chi connectivity index (χ3v) is 4.71. The average Bonchev–Trinajstić information content (AvgIpc) is 2.60. The van der Waals surface area contributed by atoms with Crippen LogP contribution in [0.2, 0.25) is 5.02 Å². The van der Waals surface area contributed by atoms with Crippen molar-refractivity contribution >= 4 is 23.3 Å². The lowest BCUT2D eigenvalue weighted by molar-refractivity contribution is -0.143. The number of carbonyl (C=O) groups is 1. The summed E-state index contributed by atoms with van der Waals surface area (Å²) in [6, 6.07) is 17.2. The standard InChI is InChI=1S/C19H21ClN2O2/c20-16-6-4-5-15(13-16)14-18(19(23)24)22-11-9-21(10-12-22)17-7-2-1-3-8-17/h1-8,13,18H,9-12,14H2,(H,23,24)/t18-/m0/s1. The molecule has 0 unspecified atom stereocenters. The number of para-hydroxylation sites is 1. The lowest BCUT2D eigenvalue weighted by Crippen LogP contribution is -2.53. The largest absolute Gasteiger partial charge is 0.480 e. The van der Waals surface area contributed by atoms with Gasteiger partial charge in [0.2, 0.25) is 0 Å². The number of aliphatic carboxylic acids is 1. The molecule has 1 heterocycles. The summed E-state index contributed by atoms with van der Waals surface area (Å²) in [4.78, 5) is 16.1.